The highest BCUT2D eigenvalue weighted by molar-refractivity contribution is 5.39. The van der Waals surface area contributed by atoms with Crippen LogP contribution < -0.4 is 9.47 Å². The van der Waals surface area contributed by atoms with Crippen LogP contribution in [0.3, 0.4) is 0 Å². The first-order chi connectivity index (χ1) is 10.7. The highest BCUT2D eigenvalue weighted by Gasteiger charge is 2.17. The highest BCUT2D eigenvalue weighted by Crippen LogP contribution is 2.27. The summed E-state index contributed by atoms with van der Waals surface area (Å²) in [5.74, 6) is 1.98. The SMILES string of the molecule is COc1cc(CN2CCc3cc(O)ccc3C2)cc(OC)c1. The molecule has 0 bridgehead atoms. The smallest absolute Gasteiger partial charge is 0.122 e. The second-order valence-electron chi connectivity index (χ2n) is 5.63. The topological polar surface area (TPSA) is 41.9 Å². The van der Waals surface area contributed by atoms with Crippen LogP contribution in [0.2, 0.25) is 0 Å². The van der Waals surface area contributed by atoms with E-state index in [0.29, 0.717) is 5.75 Å². The summed E-state index contributed by atoms with van der Waals surface area (Å²) in [5.41, 5.74) is 3.72. The molecule has 4 nitrogen and oxygen atoms in total. The van der Waals surface area contributed by atoms with Gasteiger partial charge in [-0.05, 0) is 47.4 Å². The largest absolute Gasteiger partial charge is 0.508 e. The fourth-order valence-electron chi connectivity index (χ4n) is 2.95. The molecule has 1 aliphatic rings. The van der Waals surface area contributed by atoms with Gasteiger partial charge in [-0.1, -0.05) is 6.07 Å². The van der Waals surface area contributed by atoms with Crippen LogP contribution in [0.25, 0.3) is 0 Å². The lowest BCUT2D eigenvalue weighted by Crippen LogP contribution is -2.30. The summed E-state index contributed by atoms with van der Waals surface area (Å²) in [4.78, 5) is 2.40. The van der Waals surface area contributed by atoms with Gasteiger partial charge in [-0.25, -0.2) is 0 Å². The minimum absolute atomic E-state index is 0.352. The molecule has 0 fully saturated rings. The zero-order chi connectivity index (χ0) is 15.5. The average molecular weight is 299 g/mol. The molecule has 0 aromatic heterocycles. The Hall–Kier alpha value is -2.20. The number of nitrogens with zero attached hydrogens (tertiary/aromatic N) is 1. The van der Waals surface area contributed by atoms with E-state index in [-0.39, 0.29) is 0 Å². The van der Waals surface area contributed by atoms with Crippen LogP contribution in [0, 0.1) is 0 Å². The number of phenolic OH excluding ortho intramolecular Hbond substituents is 1. The normalized spacial score (nSPS) is 14.5. The van der Waals surface area contributed by atoms with E-state index in [1.807, 2.05) is 18.2 Å². The van der Waals surface area contributed by atoms with Crippen LogP contribution in [-0.4, -0.2) is 30.8 Å². The van der Waals surface area contributed by atoms with Crippen molar-refractivity contribution in [2.45, 2.75) is 19.5 Å². The Balaban J connectivity index is 1.76. The van der Waals surface area contributed by atoms with E-state index in [4.69, 9.17) is 9.47 Å². The molecule has 0 saturated heterocycles. The molecule has 22 heavy (non-hydrogen) atoms. The summed E-state index contributed by atoms with van der Waals surface area (Å²) >= 11 is 0. The summed E-state index contributed by atoms with van der Waals surface area (Å²) in [6, 6.07) is 11.6. The summed E-state index contributed by atoms with van der Waals surface area (Å²) < 4.78 is 10.7. The number of phenols is 1. The molecule has 0 amide bonds. The first-order valence-electron chi connectivity index (χ1n) is 7.43. The lowest BCUT2D eigenvalue weighted by molar-refractivity contribution is 0.244. The van der Waals surface area contributed by atoms with Crippen molar-refractivity contribution >= 4 is 0 Å². The number of rotatable bonds is 4. The predicted octanol–water partition coefficient (Wildman–Crippen LogP) is 2.97. The minimum Gasteiger partial charge on any atom is -0.508 e. The Bertz CT molecular complexity index is 647. The molecule has 0 spiro atoms. The first-order valence-corrected chi connectivity index (χ1v) is 7.43. The van der Waals surface area contributed by atoms with Crippen molar-refractivity contribution in [2.75, 3.05) is 20.8 Å². The van der Waals surface area contributed by atoms with Crippen LogP contribution in [0.15, 0.2) is 36.4 Å². The maximum Gasteiger partial charge on any atom is 0.122 e. The summed E-state index contributed by atoms with van der Waals surface area (Å²) in [6.45, 7) is 2.74. The van der Waals surface area contributed by atoms with E-state index in [2.05, 4.69) is 17.0 Å². The van der Waals surface area contributed by atoms with Gasteiger partial charge in [0.2, 0.25) is 0 Å². The third-order valence-electron chi connectivity index (χ3n) is 4.10. The van der Waals surface area contributed by atoms with Gasteiger partial charge in [-0.3, -0.25) is 4.90 Å². The summed E-state index contributed by atoms with van der Waals surface area (Å²) in [5, 5.41) is 9.56. The molecule has 116 valence electrons. The van der Waals surface area contributed by atoms with E-state index >= 15 is 0 Å². The maximum atomic E-state index is 9.56. The highest BCUT2D eigenvalue weighted by atomic mass is 16.5. The van der Waals surface area contributed by atoms with Gasteiger partial charge in [0.25, 0.3) is 0 Å². The zero-order valence-corrected chi connectivity index (χ0v) is 13.0. The van der Waals surface area contributed by atoms with E-state index < -0.39 is 0 Å². The van der Waals surface area contributed by atoms with Crippen molar-refractivity contribution in [2.24, 2.45) is 0 Å². The lowest BCUT2D eigenvalue weighted by atomic mass is 9.99. The maximum absolute atomic E-state index is 9.56. The van der Waals surface area contributed by atoms with Crippen LogP contribution in [-0.2, 0) is 19.5 Å². The molecule has 1 aliphatic heterocycles. The number of benzene rings is 2. The standard InChI is InChI=1S/C18H21NO3/c1-21-17-7-13(8-18(10-17)22-2)11-19-6-5-14-9-16(20)4-3-15(14)12-19/h3-4,7-10,20H,5-6,11-12H2,1-2H3. The second kappa shape index (κ2) is 6.28. The molecule has 2 aromatic carbocycles. The molecule has 0 saturated carbocycles. The van der Waals surface area contributed by atoms with Gasteiger partial charge >= 0.3 is 0 Å². The van der Waals surface area contributed by atoms with Gasteiger partial charge in [0.05, 0.1) is 14.2 Å². The number of methoxy groups -OCH3 is 2. The molecule has 3 rings (SSSR count). The second-order valence-corrected chi connectivity index (χ2v) is 5.63. The van der Waals surface area contributed by atoms with Gasteiger partial charge in [-0.15, -0.1) is 0 Å². The molecular weight excluding hydrogens is 278 g/mol. The van der Waals surface area contributed by atoms with Crippen molar-refractivity contribution in [3.8, 4) is 17.2 Å². The Labute approximate surface area is 130 Å². The molecule has 2 aromatic rings. The fourth-order valence-corrected chi connectivity index (χ4v) is 2.95. The number of aromatic hydroxyl groups is 1. The third kappa shape index (κ3) is 3.17. The summed E-state index contributed by atoms with van der Waals surface area (Å²) in [6.07, 6.45) is 0.963. The van der Waals surface area contributed by atoms with Crippen molar-refractivity contribution < 1.29 is 14.6 Å². The van der Waals surface area contributed by atoms with Crippen molar-refractivity contribution in [1.29, 1.82) is 0 Å². The van der Waals surface area contributed by atoms with Gasteiger partial charge in [0.15, 0.2) is 0 Å². The molecule has 1 heterocycles. The van der Waals surface area contributed by atoms with Gasteiger partial charge < -0.3 is 14.6 Å². The molecule has 0 unspecified atom stereocenters. The van der Waals surface area contributed by atoms with Crippen LogP contribution in [0.5, 0.6) is 17.2 Å². The van der Waals surface area contributed by atoms with Crippen molar-refractivity contribution in [1.82, 2.24) is 4.90 Å². The predicted molar refractivity (Wildman–Crippen MR) is 85.5 cm³/mol. The molecule has 0 aliphatic carbocycles. The number of hydrogen-bond donors (Lipinski definition) is 1. The Kier molecular flexibility index (Phi) is 4.20. The van der Waals surface area contributed by atoms with Crippen molar-refractivity contribution in [3.05, 3.63) is 53.1 Å². The third-order valence-corrected chi connectivity index (χ3v) is 4.10. The quantitative estimate of drug-likeness (QED) is 0.942. The van der Waals surface area contributed by atoms with E-state index in [1.54, 1.807) is 20.3 Å². The average Bonchev–Trinajstić information content (AvgIpc) is 2.54. The molecule has 4 heteroatoms. The van der Waals surface area contributed by atoms with E-state index in [1.165, 1.54) is 16.7 Å². The van der Waals surface area contributed by atoms with Crippen LogP contribution >= 0.6 is 0 Å². The summed E-state index contributed by atoms with van der Waals surface area (Å²) in [7, 11) is 3.34. The van der Waals surface area contributed by atoms with E-state index in [0.717, 1.165) is 37.6 Å². The molecule has 1 N–H and O–H groups in total. The minimum atomic E-state index is 0.352. The van der Waals surface area contributed by atoms with Crippen LogP contribution in [0.4, 0.5) is 0 Å². The Morgan fingerprint density at radius 1 is 1.00 bits per heavy atom. The molecule has 0 radical (unpaired) electrons. The van der Waals surface area contributed by atoms with Crippen molar-refractivity contribution in [3.63, 3.8) is 0 Å². The first kappa shape index (κ1) is 14.7. The number of ether oxygens (including phenoxy) is 2. The van der Waals surface area contributed by atoms with Crippen LogP contribution in [0.1, 0.15) is 16.7 Å². The number of fused-ring (bicyclic) bond motifs is 1. The fraction of sp³-hybridized carbons (Fsp3) is 0.333. The Morgan fingerprint density at radius 2 is 1.73 bits per heavy atom. The number of hydrogen-bond acceptors (Lipinski definition) is 4. The molecular formula is C18H21NO3. The zero-order valence-electron chi connectivity index (χ0n) is 13.0. The monoisotopic (exact) mass is 299 g/mol. The van der Waals surface area contributed by atoms with Gasteiger partial charge in [0, 0.05) is 25.7 Å². The molecule has 0 atom stereocenters. The van der Waals surface area contributed by atoms with E-state index in [9.17, 15) is 5.11 Å². The van der Waals surface area contributed by atoms with Gasteiger partial charge in [-0.2, -0.15) is 0 Å². The Morgan fingerprint density at radius 3 is 2.41 bits per heavy atom. The lowest BCUT2D eigenvalue weighted by Gasteiger charge is -2.29. The van der Waals surface area contributed by atoms with Gasteiger partial charge in [0.1, 0.15) is 17.2 Å².